The van der Waals surface area contributed by atoms with E-state index in [1.54, 1.807) is 12.1 Å². The Labute approximate surface area is 101 Å². The molecule has 0 aliphatic carbocycles. The van der Waals surface area contributed by atoms with Crippen LogP contribution in [0.2, 0.25) is 0 Å². The lowest BCUT2D eigenvalue weighted by Crippen LogP contribution is -2.47. The normalized spacial score (nSPS) is 24.8. The fourth-order valence-corrected chi connectivity index (χ4v) is 2.59. The van der Waals surface area contributed by atoms with Crippen molar-refractivity contribution in [2.24, 2.45) is 0 Å². The predicted octanol–water partition coefficient (Wildman–Crippen LogP) is 3.23. The molecule has 0 saturated carbocycles. The minimum atomic E-state index is -0.354. The zero-order chi connectivity index (χ0) is 12.4. The molecule has 0 aromatic heterocycles. The van der Waals surface area contributed by atoms with Crippen molar-refractivity contribution in [2.45, 2.75) is 45.2 Å². The molecular weight excluding hydrogens is 217 g/mol. The van der Waals surface area contributed by atoms with Gasteiger partial charge in [-0.15, -0.1) is 0 Å². The summed E-state index contributed by atoms with van der Waals surface area (Å²) in [6, 6.07) is 6.43. The molecule has 0 unspecified atom stereocenters. The first-order valence-corrected chi connectivity index (χ1v) is 6.18. The van der Waals surface area contributed by atoms with Crippen molar-refractivity contribution in [3.63, 3.8) is 0 Å². The highest BCUT2D eigenvalue weighted by atomic mass is 19.1. The molecule has 1 saturated heterocycles. The Morgan fingerprint density at radius 3 is 2.53 bits per heavy atom. The zero-order valence-corrected chi connectivity index (χ0v) is 10.3. The van der Waals surface area contributed by atoms with Crippen molar-refractivity contribution in [2.75, 3.05) is 0 Å². The maximum atomic E-state index is 13.1. The molecule has 3 heteroatoms. The highest BCUT2D eigenvalue weighted by molar-refractivity contribution is 5.94. The maximum Gasteiger partial charge on any atom is 0.254 e. The van der Waals surface area contributed by atoms with Crippen LogP contribution in [0.4, 0.5) is 4.39 Å². The molecule has 0 bridgehead atoms. The number of carbonyl (C=O) groups is 1. The van der Waals surface area contributed by atoms with Gasteiger partial charge in [0.1, 0.15) is 5.82 Å². The van der Waals surface area contributed by atoms with E-state index >= 15 is 0 Å². The lowest BCUT2D eigenvalue weighted by molar-refractivity contribution is 0.0510. The molecule has 1 heterocycles. The van der Waals surface area contributed by atoms with E-state index in [1.807, 2.05) is 4.90 Å². The summed E-state index contributed by atoms with van der Waals surface area (Å²) in [7, 11) is 0. The van der Waals surface area contributed by atoms with Gasteiger partial charge in [-0.3, -0.25) is 4.79 Å². The molecule has 92 valence electrons. The fourth-order valence-electron chi connectivity index (χ4n) is 2.59. The summed E-state index contributed by atoms with van der Waals surface area (Å²) in [5.41, 5.74) is 0.450. The van der Waals surface area contributed by atoms with E-state index in [0.29, 0.717) is 5.56 Å². The Morgan fingerprint density at radius 2 is 1.94 bits per heavy atom. The average Bonchev–Trinajstić information content (AvgIpc) is 2.28. The Bertz CT molecular complexity index is 408. The van der Waals surface area contributed by atoms with Crippen molar-refractivity contribution in [1.82, 2.24) is 4.90 Å². The summed E-state index contributed by atoms with van der Waals surface area (Å²) >= 11 is 0. The van der Waals surface area contributed by atoms with Crippen LogP contribution in [-0.4, -0.2) is 22.9 Å². The Morgan fingerprint density at radius 1 is 1.29 bits per heavy atom. The minimum absolute atomic E-state index is 0.0517. The van der Waals surface area contributed by atoms with Gasteiger partial charge >= 0.3 is 0 Å². The molecule has 1 amide bonds. The van der Waals surface area contributed by atoms with Gasteiger partial charge in [0, 0.05) is 17.6 Å². The minimum Gasteiger partial charge on any atom is -0.333 e. The Balaban J connectivity index is 2.24. The van der Waals surface area contributed by atoms with E-state index in [0.717, 1.165) is 19.3 Å². The number of piperidine rings is 1. The van der Waals surface area contributed by atoms with Gasteiger partial charge in [0.25, 0.3) is 5.91 Å². The first kappa shape index (κ1) is 12.1. The van der Waals surface area contributed by atoms with Crippen LogP contribution in [0.1, 0.15) is 43.5 Å². The second kappa shape index (κ2) is 4.86. The van der Waals surface area contributed by atoms with Gasteiger partial charge in [-0.05, 0) is 51.3 Å². The zero-order valence-electron chi connectivity index (χ0n) is 10.3. The highest BCUT2D eigenvalue weighted by Crippen LogP contribution is 2.24. The molecule has 2 rings (SSSR count). The third kappa shape index (κ3) is 2.48. The Hall–Kier alpha value is -1.38. The van der Waals surface area contributed by atoms with E-state index in [1.165, 1.54) is 12.1 Å². The van der Waals surface area contributed by atoms with Gasteiger partial charge in [-0.2, -0.15) is 0 Å². The first-order chi connectivity index (χ1) is 8.09. The molecule has 1 aliphatic rings. The summed E-state index contributed by atoms with van der Waals surface area (Å²) < 4.78 is 13.1. The Kier molecular flexibility index (Phi) is 3.46. The molecule has 1 aromatic carbocycles. The largest absolute Gasteiger partial charge is 0.333 e. The highest BCUT2D eigenvalue weighted by Gasteiger charge is 2.29. The first-order valence-electron chi connectivity index (χ1n) is 6.18. The molecule has 1 fully saturated rings. The van der Waals surface area contributed by atoms with Crippen LogP contribution in [0.5, 0.6) is 0 Å². The van der Waals surface area contributed by atoms with E-state index in [9.17, 15) is 9.18 Å². The molecule has 2 nitrogen and oxygen atoms in total. The third-order valence-corrected chi connectivity index (χ3v) is 3.50. The summed E-state index contributed by atoms with van der Waals surface area (Å²) in [4.78, 5) is 14.2. The van der Waals surface area contributed by atoms with Crippen LogP contribution >= 0.6 is 0 Å². The second-order valence-corrected chi connectivity index (χ2v) is 4.85. The van der Waals surface area contributed by atoms with Crippen molar-refractivity contribution in [1.29, 1.82) is 0 Å². The standard InChI is InChI=1S/C14H18FNO/c1-10-5-3-6-11(2)16(10)14(17)12-7-4-8-13(15)9-12/h4,7-11H,3,5-6H2,1-2H3/t10-,11+. The molecule has 0 radical (unpaired) electrons. The molecule has 1 aromatic rings. The number of carbonyl (C=O) groups excluding carboxylic acids is 1. The number of amides is 1. The summed E-state index contributed by atoms with van der Waals surface area (Å²) in [6.07, 6.45) is 3.23. The summed E-state index contributed by atoms with van der Waals surface area (Å²) in [5.74, 6) is -0.405. The van der Waals surface area contributed by atoms with E-state index in [4.69, 9.17) is 0 Å². The monoisotopic (exact) mass is 235 g/mol. The molecule has 0 N–H and O–H groups in total. The number of benzene rings is 1. The number of nitrogens with zero attached hydrogens (tertiary/aromatic N) is 1. The van der Waals surface area contributed by atoms with Gasteiger partial charge in [0.15, 0.2) is 0 Å². The van der Waals surface area contributed by atoms with Gasteiger partial charge in [-0.1, -0.05) is 6.07 Å². The molecular formula is C14H18FNO. The number of rotatable bonds is 1. The molecule has 17 heavy (non-hydrogen) atoms. The SMILES string of the molecule is C[C@@H]1CCC[C@H](C)N1C(=O)c1cccc(F)c1. The number of likely N-dealkylation sites (tertiary alicyclic amines) is 1. The van der Waals surface area contributed by atoms with Crippen molar-refractivity contribution >= 4 is 5.91 Å². The maximum absolute atomic E-state index is 13.1. The van der Waals surface area contributed by atoms with Crippen LogP contribution in [0.15, 0.2) is 24.3 Å². The van der Waals surface area contributed by atoms with E-state index in [-0.39, 0.29) is 23.8 Å². The molecule has 0 spiro atoms. The van der Waals surface area contributed by atoms with Crippen LogP contribution < -0.4 is 0 Å². The van der Waals surface area contributed by atoms with Crippen molar-refractivity contribution in [3.8, 4) is 0 Å². The van der Waals surface area contributed by atoms with Crippen LogP contribution in [0.3, 0.4) is 0 Å². The number of hydrogen-bond donors (Lipinski definition) is 0. The number of hydrogen-bond acceptors (Lipinski definition) is 1. The lowest BCUT2D eigenvalue weighted by atomic mass is 9.96. The smallest absolute Gasteiger partial charge is 0.254 e. The van der Waals surface area contributed by atoms with E-state index in [2.05, 4.69) is 13.8 Å². The predicted molar refractivity (Wildman–Crippen MR) is 65.3 cm³/mol. The van der Waals surface area contributed by atoms with Crippen molar-refractivity contribution in [3.05, 3.63) is 35.6 Å². The topological polar surface area (TPSA) is 20.3 Å². The van der Waals surface area contributed by atoms with Gasteiger partial charge < -0.3 is 4.90 Å². The van der Waals surface area contributed by atoms with E-state index < -0.39 is 0 Å². The molecule has 1 aliphatic heterocycles. The quantitative estimate of drug-likeness (QED) is 0.731. The summed E-state index contributed by atoms with van der Waals surface area (Å²) in [6.45, 7) is 4.12. The van der Waals surface area contributed by atoms with Crippen LogP contribution in [-0.2, 0) is 0 Å². The van der Waals surface area contributed by atoms with Gasteiger partial charge in [-0.25, -0.2) is 4.39 Å². The lowest BCUT2D eigenvalue weighted by Gasteiger charge is -2.39. The number of halogens is 1. The molecule has 2 atom stereocenters. The fraction of sp³-hybridized carbons (Fsp3) is 0.500. The second-order valence-electron chi connectivity index (χ2n) is 4.85. The summed E-state index contributed by atoms with van der Waals surface area (Å²) in [5, 5.41) is 0. The van der Waals surface area contributed by atoms with Crippen LogP contribution in [0.25, 0.3) is 0 Å². The third-order valence-electron chi connectivity index (χ3n) is 3.50. The van der Waals surface area contributed by atoms with Crippen molar-refractivity contribution < 1.29 is 9.18 Å². The van der Waals surface area contributed by atoms with Crippen LogP contribution in [0, 0.1) is 5.82 Å². The average molecular weight is 235 g/mol. The van der Waals surface area contributed by atoms with Gasteiger partial charge in [0.2, 0.25) is 0 Å². The van der Waals surface area contributed by atoms with Gasteiger partial charge in [0.05, 0.1) is 0 Å².